The maximum absolute atomic E-state index is 3.49. The Morgan fingerprint density at radius 2 is 1.93 bits per heavy atom. The van der Waals surface area contributed by atoms with Crippen LogP contribution >= 0.6 is 27.3 Å². The molecule has 1 aliphatic heterocycles. The average molecular weight is 287 g/mol. The van der Waals surface area contributed by atoms with Gasteiger partial charge in [-0.2, -0.15) is 0 Å². The van der Waals surface area contributed by atoms with E-state index in [-0.39, 0.29) is 0 Å². The van der Waals surface area contributed by atoms with E-state index in [1.54, 1.807) is 11.3 Å². The molecular formula is C11H15BrN2S. The Morgan fingerprint density at radius 3 is 2.47 bits per heavy atom. The fourth-order valence-electron chi connectivity index (χ4n) is 1.95. The molecule has 15 heavy (non-hydrogen) atoms. The third kappa shape index (κ3) is 3.14. The molecule has 0 unspecified atom stereocenters. The van der Waals surface area contributed by atoms with E-state index in [1.165, 1.54) is 14.2 Å². The van der Waals surface area contributed by atoms with E-state index in [4.69, 9.17) is 0 Å². The summed E-state index contributed by atoms with van der Waals surface area (Å²) in [4.78, 5) is 6.00. The van der Waals surface area contributed by atoms with Crippen molar-refractivity contribution in [2.75, 3.05) is 33.9 Å². The zero-order valence-electron chi connectivity index (χ0n) is 9.03. The first kappa shape index (κ1) is 11.3. The Labute approximate surface area is 103 Å². The number of halogens is 1. The van der Waals surface area contributed by atoms with Crippen molar-refractivity contribution in [3.05, 3.63) is 26.4 Å². The van der Waals surface area contributed by atoms with Gasteiger partial charge in [0.2, 0.25) is 0 Å². The zero-order chi connectivity index (χ0) is 10.8. The lowest BCUT2D eigenvalue weighted by atomic mass is 10.2. The summed E-state index contributed by atoms with van der Waals surface area (Å²) in [6.45, 7) is 3.23. The molecule has 0 spiro atoms. The number of likely N-dealkylation sites (N-methyl/N-ethyl adjacent to an activating group) is 2. The minimum absolute atomic E-state index is 1.06. The highest BCUT2D eigenvalue weighted by atomic mass is 79.9. The molecule has 0 N–H and O–H groups in total. The van der Waals surface area contributed by atoms with Crippen LogP contribution < -0.4 is 0 Å². The molecule has 1 aromatic rings. The highest BCUT2D eigenvalue weighted by Crippen LogP contribution is 2.24. The molecule has 1 aromatic heterocycles. The van der Waals surface area contributed by atoms with E-state index in [9.17, 15) is 0 Å². The smallest absolute Gasteiger partial charge is 0.0704 e. The second-order valence-electron chi connectivity index (χ2n) is 4.11. The van der Waals surface area contributed by atoms with E-state index in [0.717, 1.165) is 19.8 Å². The molecule has 0 aliphatic carbocycles. The van der Waals surface area contributed by atoms with Gasteiger partial charge in [-0.05, 0) is 53.8 Å². The van der Waals surface area contributed by atoms with Gasteiger partial charge in [0, 0.05) is 18.0 Å². The van der Waals surface area contributed by atoms with E-state index in [1.807, 2.05) is 0 Å². The first-order chi connectivity index (χ1) is 7.13. The minimum Gasteiger partial charge on any atom is -0.290 e. The molecule has 1 fully saturated rings. The van der Waals surface area contributed by atoms with Gasteiger partial charge in [-0.25, -0.2) is 0 Å². The fourth-order valence-corrected chi connectivity index (χ4v) is 3.37. The monoisotopic (exact) mass is 286 g/mol. The third-order valence-corrected chi connectivity index (χ3v) is 3.94. The van der Waals surface area contributed by atoms with Gasteiger partial charge in [-0.15, -0.1) is 11.3 Å². The molecule has 0 radical (unpaired) electrons. The molecule has 1 aliphatic rings. The lowest BCUT2D eigenvalue weighted by Crippen LogP contribution is -2.41. The molecule has 0 amide bonds. The topological polar surface area (TPSA) is 6.48 Å². The Bertz CT molecular complexity index is 360. The van der Waals surface area contributed by atoms with Gasteiger partial charge in [0.1, 0.15) is 0 Å². The van der Waals surface area contributed by atoms with E-state index in [0.29, 0.717) is 0 Å². The molecule has 2 rings (SSSR count). The van der Waals surface area contributed by atoms with Gasteiger partial charge in [0.05, 0.1) is 10.5 Å². The summed E-state index contributed by atoms with van der Waals surface area (Å²) in [7, 11) is 4.32. The number of nitrogens with zero attached hydrogens (tertiary/aromatic N) is 2. The van der Waals surface area contributed by atoms with Crippen molar-refractivity contribution in [3.8, 4) is 0 Å². The Balaban J connectivity index is 2.12. The lowest BCUT2D eigenvalue weighted by molar-refractivity contribution is 0.170. The van der Waals surface area contributed by atoms with Gasteiger partial charge in [-0.1, -0.05) is 0 Å². The molecule has 0 saturated carbocycles. The van der Waals surface area contributed by atoms with Gasteiger partial charge >= 0.3 is 0 Å². The summed E-state index contributed by atoms with van der Waals surface area (Å²) in [5.41, 5.74) is 1.49. The number of rotatable bonds is 1. The maximum Gasteiger partial charge on any atom is 0.0704 e. The van der Waals surface area contributed by atoms with Crippen LogP contribution in [0, 0.1) is 0 Å². The summed E-state index contributed by atoms with van der Waals surface area (Å²) >= 11 is 5.28. The Morgan fingerprint density at radius 1 is 1.27 bits per heavy atom. The van der Waals surface area contributed by atoms with Crippen molar-refractivity contribution in [2.45, 2.75) is 0 Å². The standard InChI is InChI=1S/C11H15BrN2S/c1-13-6-9(7-14(2)8-13)5-10-3-4-11(12)15-10/h3-5H,6-8H2,1-2H3. The lowest BCUT2D eigenvalue weighted by Gasteiger charge is -2.32. The van der Waals surface area contributed by atoms with Gasteiger partial charge in [-0.3, -0.25) is 9.80 Å². The van der Waals surface area contributed by atoms with Crippen LogP contribution in [0.2, 0.25) is 0 Å². The SMILES string of the molecule is CN1CC(=Cc2ccc(Br)s2)CN(C)C1. The fraction of sp³-hybridized carbons (Fsp3) is 0.455. The Kier molecular flexibility index (Phi) is 3.61. The van der Waals surface area contributed by atoms with Gasteiger partial charge < -0.3 is 0 Å². The summed E-state index contributed by atoms with van der Waals surface area (Å²) in [6, 6.07) is 4.27. The molecular weight excluding hydrogens is 272 g/mol. The second kappa shape index (κ2) is 4.78. The second-order valence-corrected chi connectivity index (χ2v) is 6.61. The molecule has 2 heterocycles. The first-order valence-electron chi connectivity index (χ1n) is 4.95. The summed E-state index contributed by atoms with van der Waals surface area (Å²) in [6.07, 6.45) is 2.31. The van der Waals surface area contributed by atoms with Crippen LogP contribution in [0.1, 0.15) is 4.88 Å². The molecule has 4 heteroatoms. The van der Waals surface area contributed by atoms with Crippen molar-refractivity contribution >= 4 is 33.3 Å². The first-order valence-corrected chi connectivity index (χ1v) is 6.56. The predicted octanol–water partition coefficient (Wildman–Crippen LogP) is 2.73. The highest BCUT2D eigenvalue weighted by Gasteiger charge is 2.14. The number of hydrogen-bond acceptors (Lipinski definition) is 3. The minimum atomic E-state index is 1.06. The van der Waals surface area contributed by atoms with Crippen LogP contribution in [0.3, 0.4) is 0 Å². The van der Waals surface area contributed by atoms with Gasteiger partial charge in [0.15, 0.2) is 0 Å². The van der Waals surface area contributed by atoms with E-state index < -0.39 is 0 Å². The highest BCUT2D eigenvalue weighted by molar-refractivity contribution is 9.11. The third-order valence-electron chi connectivity index (χ3n) is 2.37. The molecule has 0 bridgehead atoms. The van der Waals surface area contributed by atoms with Crippen LogP contribution in [-0.4, -0.2) is 43.7 Å². The van der Waals surface area contributed by atoms with Crippen LogP contribution in [0.5, 0.6) is 0 Å². The summed E-state index contributed by atoms with van der Waals surface area (Å²) < 4.78 is 1.20. The van der Waals surface area contributed by atoms with E-state index >= 15 is 0 Å². The van der Waals surface area contributed by atoms with Crippen molar-refractivity contribution in [1.82, 2.24) is 9.80 Å². The van der Waals surface area contributed by atoms with E-state index in [2.05, 4.69) is 58.0 Å². The quantitative estimate of drug-likeness (QED) is 0.783. The van der Waals surface area contributed by atoms with Crippen molar-refractivity contribution in [1.29, 1.82) is 0 Å². The van der Waals surface area contributed by atoms with Crippen molar-refractivity contribution in [3.63, 3.8) is 0 Å². The molecule has 0 atom stereocenters. The van der Waals surface area contributed by atoms with Crippen LogP contribution in [0.15, 0.2) is 21.5 Å². The average Bonchev–Trinajstić information content (AvgIpc) is 2.49. The Hall–Kier alpha value is -0.160. The van der Waals surface area contributed by atoms with Crippen LogP contribution in [-0.2, 0) is 0 Å². The largest absolute Gasteiger partial charge is 0.290 e. The molecule has 1 saturated heterocycles. The maximum atomic E-state index is 3.49. The molecule has 0 aromatic carbocycles. The van der Waals surface area contributed by atoms with Crippen molar-refractivity contribution < 1.29 is 0 Å². The van der Waals surface area contributed by atoms with Crippen molar-refractivity contribution in [2.24, 2.45) is 0 Å². The molecule has 82 valence electrons. The zero-order valence-corrected chi connectivity index (χ0v) is 11.4. The van der Waals surface area contributed by atoms with Gasteiger partial charge in [0.25, 0.3) is 0 Å². The summed E-state index contributed by atoms with van der Waals surface area (Å²) in [5.74, 6) is 0. The number of hydrogen-bond donors (Lipinski definition) is 0. The predicted molar refractivity (Wildman–Crippen MR) is 70.1 cm³/mol. The van der Waals surface area contributed by atoms with Crippen LogP contribution in [0.4, 0.5) is 0 Å². The normalized spacial score (nSPS) is 19.5. The summed E-state index contributed by atoms with van der Waals surface area (Å²) in [5, 5.41) is 0. The number of thiophene rings is 1. The molecule has 2 nitrogen and oxygen atoms in total. The van der Waals surface area contributed by atoms with Crippen LogP contribution in [0.25, 0.3) is 6.08 Å².